The Balaban J connectivity index is 1.41. The molecule has 37 heavy (non-hydrogen) atoms. The third-order valence-electron chi connectivity index (χ3n) is 8.07. The zero-order valence-corrected chi connectivity index (χ0v) is 22.3. The summed E-state index contributed by atoms with van der Waals surface area (Å²) < 4.78 is 2.32. The monoisotopic (exact) mass is 506 g/mol. The highest BCUT2D eigenvalue weighted by Crippen LogP contribution is 2.37. The number of rotatable bonds is 9. The van der Waals surface area contributed by atoms with E-state index in [0.717, 1.165) is 87.8 Å². The van der Waals surface area contributed by atoms with Crippen molar-refractivity contribution in [3.8, 4) is 11.1 Å². The molecule has 1 saturated heterocycles. The van der Waals surface area contributed by atoms with Crippen LogP contribution in [0.25, 0.3) is 22.2 Å². The summed E-state index contributed by atoms with van der Waals surface area (Å²) in [7, 11) is 2.19. The van der Waals surface area contributed by atoms with Gasteiger partial charge in [0.25, 0.3) is 0 Å². The lowest BCUT2D eigenvalue weighted by atomic mass is 9.93. The first kappa shape index (κ1) is 26.1. The van der Waals surface area contributed by atoms with Crippen LogP contribution >= 0.6 is 0 Å². The number of aromatic nitrogens is 3. The number of likely N-dealkylation sites (N-methyl/N-ethyl adjacent to an activating group) is 1. The Bertz CT molecular complexity index is 1150. The minimum atomic E-state index is -0.190. The lowest BCUT2D eigenvalue weighted by molar-refractivity contribution is 0.111. The van der Waals surface area contributed by atoms with E-state index in [9.17, 15) is 5.11 Å². The van der Waals surface area contributed by atoms with Crippen molar-refractivity contribution in [2.24, 2.45) is 0 Å². The van der Waals surface area contributed by atoms with Crippen LogP contribution in [-0.4, -0.2) is 86.5 Å². The molecule has 2 aromatic heterocycles. The van der Waals surface area contributed by atoms with E-state index in [1.165, 1.54) is 11.1 Å². The van der Waals surface area contributed by atoms with E-state index in [2.05, 4.69) is 69.1 Å². The van der Waals surface area contributed by atoms with Gasteiger partial charge in [0, 0.05) is 74.8 Å². The van der Waals surface area contributed by atoms with Crippen LogP contribution in [0, 0.1) is 0 Å². The van der Waals surface area contributed by atoms with Crippen LogP contribution in [-0.2, 0) is 6.54 Å². The van der Waals surface area contributed by atoms with Gasteiger partial charge in [0.1, 0.15) is 5.65 Å². The Morgan fingerprint density at radius 3 is 2.49 bits per heavy atom. The summed E-state index contributed by atoms with van der Waals surface area (Å²) in [4.78, 5) is 14.6. The van der Waals surface area contributed by atoms with Crippen molar-refractivity contribution in [3.05, 3.63) is 42.2 Å². The summed E-state index contributed by atoms with van der Waals surface area (Å²) in [6.45, 7) is 7.79. The van der Waals surface area contributed by atoms with Gasteiger partial charge in [0.15, 0.2) is 0 Å². The van der Waals surface area contributed by atoms with Crippen LogP contribution in [0.1, 0.15) is 57.1 Å². The van der Waals surface area contributed by atoms with Crippen molar-refractivity contribution in [2.75, 3.05) is 45.2 Å². The third-order valence-corrected chi connectivity index (χ3v) is 8.07. The SMILES string of the molecule is C[C@@H](CCCO)Nc1ncc2c(-c3ccc(CN4CCN(C)CC4)cc3)cn(C3CCC(O)CC3)c2n1. The van der Waals surface area contributed by atoms with Gasteiger partial charge in [-0.3, -0.25) is 4.90 Å². The van der Waals surface area contributed by atoms with Gasteiger partial charge >= 0.3 is 0 Å². The first-order chi connectivity index (χ1) is 18.0. The van der Waals surface area contributed by atoms with E-state index in [1.807, 2.05) is 6.20 Å². The van der Waals surface area contributed by atoms with E-state index < -0.39 is 0 Å². The number of nitrogens with one attached hydrogen (secondary N) is 1. The smallest absolute Gasteiger partial charge is 0.224 e. The van der Waals surface area contributed by atoms with Crippen molar-refractivity contribution in [1.82, 2.24) is 24.3 Å². The average molecular weight is 507 g/mol. The molecule has 0 bridgehead atoms. The van der Waals surface area contributed by atoms with E-state index in [4.69, 9.17) is 10.1 Å². The summed E-state index contributed by atoms with van der Waals surface area (Å²) in [5.74, 6) is 0.627. The molecule has 1 aliphatic heterocycles. The molecule has 1 atom stereocenters. The second kappa shape index (κ2) is 11.9. The van der Waals surface area contributed by atoms with Crippen LogP contribution in [0.4, 0.5) is 5.95 Å². The molecule has 3 aromatic rings. The van der Waals surface area contributed by atoms with E-state index in [-0.39, 0.29) is 18.8 Å². The van der Waals surface area contributed by atoms with Gasteiger partial charge in [-0.2, -0.15) is 4.98 Å². The molecular weight excluding hydrogens is 464 g/mol. The van der Waals surface area contributed by atoms with Gasteiger partial charge < -0.3 is 25.0 Å². The molecule has 3 N–H and O–H groups in total. The zero-order valence-electron chi connectivity index (χ0n) is 22.3. The third kappa shape index (κ3) is 6.32. The van der Waals surface area contributed by atoms with Crippen LogP contribution < -0.4 is 5.32 Å². The fraction of sp³-hybridized carbons (Fsp3) is 0.586. The maximum absolute atomic E-state index is 10.1. The second-order valence-electron chi connectivity index (χ2n) is 11.0. The van der Waals surface area contributed by atoms with Crippen LogP contribution in [0.5, 0.6) is 0 Å². The molecule has 5 rings (SSSR count). The minimum Gasteiger partial charge on any atom is -0.396 e. The maximum atomic E-state index is 10.1. The van der Waals surface area contributed by atoms with Gasteiger partial charge in [-0.05, 0) is 63.6 Å². The zero-order chi connectivity index (χ0) is 25.8. The topological polar surface area (TPSA) is 89.7 Å². The molecule has 0 spiro atoms. The Morgan fingerprint density at radius 1 is 1.05 bits per heavy atom. The first-order valence-corrected chi connectivity index (χ1v) is 13.9. The highest BCUT2D eigenvalue weighted by molar-refractivity contribution is 5.94. The molecule has 3 heterocycles. The molecule has 0 unspecified atom stereocenters. The predicted molar refractivity (Wildman–Crippen MR) is 149 cm³/mol. The number of aliphatic hydroxyl groups excluding tert-OH is 2. The Hall–Kier alpha value is -2.52. The van der Waals surface area contributed by atoms with Crippen LogP contribution in [0.15, 0.2) is 36.7 Å². The number of anilines is 1. The molecule has 0 amide bonds. The van der Waals surface area contributed by atoms with E-state index in [1.54, 1.807) is 0 Å². The summed E-state index contributed by atoms with van der Waals surface area (Å²) in [6, 6.07) is 9.49. The Labute approximate surface area is 220 Å². The maximum Gasteiger partial charge on any atom is 0.224 e. The number of hydrogen-bond acceptors (Lipinski definition) is 7. The highest BCUT2D eigenvalue weighted by atomic mass is 16.3. The number of hydrogen-bond donors (Lipinski definition) is 3. The molecule has 8 heteroatoms. The van der Waals surface area contributed by atoms with Crippen molar-refractivity contribution in [2.45, 2.75) is 70.2 Å². The molecule has 200 valence electrons. The van der Waals surface area contributed by atoms with Gasteiger partial charge in [0.2, 0.25) is 5.95 Å². The van der Waals surface area contributed by atoms with Gasteiger partial charge in [-0.1, -0.05) is 24.3 Å². The molecule has 1 aromatic carbocycles. The van der Waals surface area contributed by atoms with Gasteiger partial charge in [-0.15, -0.1) is 0 Å². The largest absolute Gasteiger partial charge is 0.396 e. The standard InChI is InChI=1S/C29H42N6O2/c1-21(4-3-17-36)31-29-30-18-26-27(20-35(28(26)32-29)24-9-11-25(37)12-10-24)23-7-5-22(6-8-23)19-34-15-13-33(2)14-16-34/h5-8,18,20-21,24-25,36-37H,3-4,9-17,19H2,1-2H3,(H,30,31,32)/t21-,24?,25?/m0/s1. The molecule has 1 saturated carbocycles. The molecule has 1 aliphatic carbocycles. The van der Waals surface area contributed by atoms with Gasteiger partial charge in [-0.25, -0.2) is 4.98 Å². The van der Waals surface area contributed by atoms with Crippen molar-refractivity contribution in [3.63, 3.8) is 0 Å². The highest BCUT2D eigenvalue weighted by Gasteiger charge is 2.24. The van der Waals surface area contributed by atoms with Crippen LogP contribution in [0.2, 0.25) is 0 Å². The van der Waals surface area contributed by atoms with Crippen molar-refractivity contribution >= 4 is 17.0 Å². The number of fused-ring (bicyclic) bond motifs is 1. The molecule has 8 nitrogen and oxygen atoms in total. The van der Waals surface area contributed by atoms with E-state index >= 15 is 0 Å². The lowest BCUT2D eigenvalue weighted by Crippen LogP contribution is -2.43. The average Bonchev–Trinajstić information content (AvgIpc) is 3.28. The quantitative estimate of drug-likeness (QED) is 0.406. The first-order valence-electron chi connectivity index (χ1n) is 13.9. The van der Waals surface area contributed by atoms with Crippen LogP contribution in [0.3, 0.4) is 0 Å². The molecule has 2 aliphatic rings. The fourth-order valence-corrected chi connectivity index (χ4v) is 5.69. The second-order valence-corrected chi connectivity index (χ2v) is 11.0. The van der Waals surface area contributed by atoms with E-state index in [0.29, 0.717) is 12.0 Å². The Morgan fingerprint density at radius 2 is 1.78 bits per heavy atom. The normalized spacial score (nSPS) is 22.4. The number of aliphatic hydroxyl groups is 2. The van der Waals surface area contributed by atoms with Crippen molar-refractivity contribution < 1.29 is 10.2 Å². The minimum absolute atomic E-state index is 0.185. The van der Waals surface area contributed by atoms with Crippen molar-refractivity contribution in [1.29, 1.82) is 0 Å². The fourth-order valence-electron chi connectivity index (χ4n) is 5.69. The molecule has 0 radical (unpaired) electrons. The summed E-state index contributed by atoms with van der Waals surface area (Å²) in [5, 5.41) is 23.7. The predicted octanol–water partition coefficient (Wildman–Crippen LogP) is 3.89. The molecule has 2 fully saturated rings. The van der Waals surface area contributed by atoms with Gasteiger partial charge in [0.05, 0.1) is 6.10 Å². The number of piperazine rings is 1. The summed E-state index contributed by atoms with van der Waals surface area (Å²) in [6.07, 6.45) is 9.19. The lowest BCUT2D eigenvalue weighted by Gasteiger charge is -2.32. The summed E-state index contributed by atoms with van der Waals surface area (Å²) >= 11 is 0. The number of benzene rings is 1. The number of nitrogens with zero attached hydrogens (tertiary/aromatic N) is 5. The summed E-state index contributed by atoms with van der Waals surface area (Å²) in [5.41, 5.74) is 4.64. The molecular formula is C29H42N6O2. The Kier molecular flexibility index (Phi) is 8.39.